The summed E-state index contributed by atoms with van der Waals surface area (Å²) in [7, 11) is 5.63. The van der Waals surface area contributed by atoms with Crippen molar-refractivity contribution in [2.45, 2.75) is 43.2 Å². The fraction of sp³-hybridized carbons (Fsp3) is 0.444. The van der Waals surface area contributed by atoms with Crippen LogP contribution in [0.15, 0.2) is 48.5 Å². The van der Waals surface area contributed by atoms with E-state index in [1.807, 2.05) is 62.6 Å². The monoisotopic (exact) mass is 479 g/mol. The minimum absolute atomic E-state index is 0.0907. The van der Waals surface area contributed by atoms with Crippen molar-refractivity contribution in [3.63, 3.8) is 0 Å². The number of carboxylic acids is 1. The van der Waals surface area contributed by atoms with Gasteiger partial charge in [-0.2, -0.15) is 0 Å². The number of carbonyl (C=O) groups excluding carboxylic acids is 2. The lowest BCUT2D eigenvalue weighted by molar-refractivity contribution is -0.143. The van der Waals surface area contributed by atoms with Gasteiger partial charge in [-0.1, -0.05) is 48.5 Å². The van der Waals surface area contributed by atoms with E-state index in [4.69, 9.17) is 4.74 Å². The molecule has 186 valence electrons. The molecule has 2 aromatic carbocycles. The highest BCUT2D eigenvalue weighted by Gasteiger charge is 2.41. The van der Waals surface area contributed by atoms with Crippen LogP contribution in [-0.2, 0) is 14.3 Å². The zero-order valence-corrected chi connectivity index (χ0v) is 20.5. The number of ether oxygens (including phenoxy) is 1. The van der Waals surface area contributed by atoms with Gasteiger partial charge < -0.3 is 25.0 Å². The van der Waals surface area contributed by atoms with E-state index in [2.05, 4.69) is 10.2 Å². The van der Waals surface area contributed by atoms with Crippen molar-refractivity contribution in [1.82, 2.24) is 15.1 Å². The average Bonchev–Trinajstić information content (AvgIpc) is 3.12. The number of hydrogen-bond acceptors (Lipinski definition) is 5. The molecule has 8 heteroatoms. The van der Waals surface area contributed by atoms with Crippen molar-refractivity contribution >= 4 is 18.0 Å². The summed E-state index contributed by atoms with van der Waals surface area (Å²) < 4.78 is 5.53. The first-order valence-electron chi connectivity index (χ1n) is 12.0. The summed E-state index contributed by atoms with van der Waals surface area (Å²) in [5.41, 5.74) is 4.27. The largest absolute Gasteiger partial charge is 0.481 e. The van der Waals surface area contributed by atoms with Crippen LogP contribution in [0.2, 0.25) is 0 Å². The molecule has 0 saturated heterocycles. The topological polar surface area (TPSA) is 99.2 Å². The highest BCUT2D eigenvalue weighted by atomic mass is 16.5. The van der Waals surface area contributed by atoms with E-state index in [1.54, 1.807) is 7.05 Å². The lowest BCUT2D eigenvalue weighted by Crippen LogP contribution is -2.59. The van der Waals surface area contributed by atoms with Crippen molar-refractivity contribution in [3.8, 4) is 11.1 Å². The van der Waals surface area contributed by atoms with Crippen LogP contribution in [0.25, 0.3) is 11.1 Å². The second kappa shape index (κ2) is 10.1. The SMILES string of the molecule is CN(CC1(N(C)C)CCC1)C(=O)C(CC(=O)O)NC(=O)OCC1c2ccccc2-c2ccccc21. The molecule has 0 bridgehead atoms. The average molecular weight is 480 g/mol. The lowest BCUT2D eigenvalue weighted by Gasteiger charge is -2.49. The van der Waals surface area contributed by atoms with Crippen molar-refractivity contribution in [2.75, 3.05) is 34.3 Å². The summed E-state index contributed by atoms with van der Waals surface area (Å²) in [6.45, 7) is 0.564. The van der Waals surface area contributed by atoms with Crippen LogP contribution in [-0.4, -0.2) is 78.8 Å². The summed E-state index contributed by atoms with van der Waals surface area (Å²) in [6.07, 6.45) is 1.73. The number of likely N-dealkylation sites (N-methyl/N-ethyl adjacent to an activating group) is 2. The number of nitrogens with zero attached hydrogens (tertiary/aromatic N) is 2. The molecule has 0 spiro atoms. The maximum absolute atomic E-state index is 13.1. The van der Waals surface area contributed by atoms with E-state index >= 15 is 0 Å². The van der Waals surface area contributed by atoms with Crippen molar-refractivity contribution in [3.05, 3.63) is 59.7 Å². The van der Waals surface area contributed by atoms with Gasteiger partial charge in [0.1, 0.15) is 12.6 Å². The number of nitrogens with one attached hydrogen (secondary N) is 1. The molecule has 0 heterocycles. The van der Waals surface area contributed by atoms with Gasteiger partial charge in [0.25, 0.3) is 0 Å². The number of amides is 2. The summed E-state index contributed by atoms with van der Waals surface area (Å²) >= 11 is 0. The molecule has 35 heavy (non-hydrogen) atoms. The molecule has 0 radical (unpaired) electrons. The quantitative estimate of drug-likeness (QED) is 0.573. The van der Waals surface area contributed by atoms with Gasteiger partial charge in [-0.15, -0.1) is 0 Å². The first-order chi connectivity index (χ1) is 16.7. The molecular formula is C27H33N3O5. The van der Waals surface area contributed by atoms with Gasteiger partial charge in [0, 0.05) is 25.0 Å². The number of benzene rings is 2. The molecule has 1 saturated carbocycles. The Morgan fingerprint density at radius 1 is 1.03 bits per heavy atom. The Hall–Kier alpha value is -3.39. The zero-order valence-electron chi connectivity index (χ0n) is 20.5. The normalized spacial score (nSPS) is 16.6. The molecule has 1 atom stereocenters. The molecule has 0 aliphatic heterocycles. The Kier molecular flexibility index (Phi) is 7.12. The third-order valence-corrected chi connectivity index (χ3v) is 7.45. The van der Waals surface area contributed by atoms with Gasteiger partial charge in [-0.25, -0.2) is 4.79 Å². The van der Waals surface area contributed by atoms with E-state index in [9.17, 15) is 19.5 Å². The standard InChI is InChI=1S/C27H33N3O5/c1-29(2)27(13-8-14-27)17-30(3)25(33)23(15-24(31)32)28-26(34)35-16-22-20-11-6-4-9-18(20)19-10-5-7-12-21(19)22/h4-7,9-12,22-23H,8,13-17H2,1-3H3,(H,28,34)(H,31,32). The van der Waals surface area contributed by atoms with Crippen molar-refractivity contribution in [1.29, 1.82) is 0 Å². The Morgan fingerprint density at radius 2 is 1.60 bits per heavy atom. The van der Waals surface area contributed by atoms with Crippen LogP contribution in [0.5, 0.6) is 0 Å². The number of carboxylic acid groups (broad SMARTS) is 1. The van der Waals surface area contributed by atoms with Crippen molar-refractivity contribution in [2.24, 2.45) is 0 Å². The van der Waals surface area contributed by atoms with Gasteiger partial charge in [0.2, 0.25) is 5.91 Å². The van der Waals surface area contributed by atoms with Crippen LogP contribution in [0, 0.1) is 0 Å². The van der Waals surface area contributed by atoms with Crippen LogP contribution in [0.1, 0.15) is 42.7 Å². The van der Waals surface area contributed by atoms with Gasteiger partial charge in [-0.3, -0.25) is 9.59 Å². The van der Waals surface area contributed by atoms with Crippen LogP contribution in [0.3, 0.4) is 0 Å². The maximum Gasteiger partial charge on any atom is 0.407 e. The van der Waals surface area contributed by atoms with Gasteiger partial charge in [0.05, 0.1) is 6.42 Å². The van der Waals surface area contributed by atoms with E-state index in [-0.39, 0.29) is 18.1 Å². The predicted molar refractivity (Wildman–Crippen MR) is 132 cm³/mol. The first-order valence-corrected chi connectivity index (χ1v) is 12.0. The van der Waals surface area contributed by atoms with Crippen LogP contribution in [0.4, 0.5) is 4.79 Å². The van der Waals surface area contributed by atoms with Crippen molar-refractivity contribution < 1.29 is 24.2 Å². The smallest absolute Gasteiger partial charge is 0.407 e. The van der Waals surface area contributed by atoms with Crippen LogP contribution >= 0.6 is 0 Å². The summed E-state index contributed by atoms with van der Waals surface area (Å²) in [5, 5.41) is 11.9. The van der Waals surface area contributed by atoms with E-state index in [0.29, 0.717) is 6.54 Å². The lowest BCUT2D eigenvalue weighted by atomic mass is 9.75. The summed E-state index contributed by atoms with van der Waals surface area (Å²) in [4.78, 5) is 40.9. The molecule has 2 aliphatic carbocycles. The molecule has 2 amide bonds. The summed E-state index contributed by atoms with van der Waals surface area (Å²) in [5.74, 6) is -1.72. The zero-order chi connectivity index (χ0) is 25.2. The minimum Gasteiger partial charge on any atom is -0.481 e. The van der Waals surface area contributed by atoms with Gasteiger partial charge in [-0.05, 0) is 55.6 Å². The molecule has 2 aliphatic rings. The van der Waals surface area contributed by atoms with Gasteiger partial charge >= 0.3 is 12.1 Å². The Morgan fingerprint density at radius 3 is 2.09 bits per heavy atom. The second-order valence-corrected chi connectivity index (χ2v) is 9.79. The summed E-state index contributed by atoms with van der Waals surface area (Å²) in [6, 6.07) is 14.8. The first kappa shape index (κ1) is 24.7. The highest BCUT2D eigenvalue weighted by Crippen LogP contribution is 2.44. The minimum atomic E-state index is -1.20. The molecule has 2 N–H and O–H groups in total. The Labute approximate surface area is 205 Å². The number of aliphatic carboxylic acids is 1. The molecule has 8 nitrogen and oxygen atoms in total. The number of fused-ring (bicyclic) bond motifs is 3. The molecule has 1 fully saturated rings. The Bertz CT molecular complexity index is 1070. The van der Waals surface area contributed by atoms with E-state index in [0.717, 1.165) is 41.5 Å². The fourth-order valence-electron chi connectivity index (χ4n) is 5.27. The second-order valence-electron chi connectivity index (χ2n) is 9.79. The fourth-order valence-corrected chi connectivity index (χ4v) is 5.27. The molecule has 1 unspecified atom stereocenters. The Balaban J connectivity index is 1.41. The number of alkyl carbamates (subject to hydrolysis) is 1. The third kappa shape index (κ3) is 5.03. The predicted octanol–water partition coefficient (Wildman–Crippen LogP) is 3.31. The number of carbonyl (C=O) groups is 3. The number of hydrogen-bond donors (Lipinski definition) is 2. The van der Waals surface area contributed by atoms with E-state index in [1.165, 1.54) is 4.90 Å². The molecule has 2 aromatic rings. The molecule has 4 rings (SSSR count). The van der Waals surface area contributed by atoms with E-state index < -0.39 is 30.4 Å². The highest BCUT2D eigenvalue weighted by molar-refractivity contribution is 5.89. The third-order valence-electron chi connectivity index (χ3n) is 7.45. The molecule has 0 aromatic heterocycles. The van der Waals surface area contributed by atoms with Gasteiger partial charge in [0.15, 0.2) is 0 Å². The van der Waals surface area contributed by atoms with Crippen LogP contribution < -0.4 is 5.32 Å². The maximum atomic E-state index is 13.1. The number of rotatable bonds is 9. The molecular weight excluding hydrogens is 446 g/mol.